The molecule has 3 aromatic carbocycles. The van der Waals surface area contributed by atoms with Gasteiger partial charge in [0.1, 0.15) is 17.3 Å². The Labute approximate surface area is 201 Å². The van der Waals surface area contributed by atoms with Crippen molar-refractivity contribution in [3.63, 3.8) is 0 Å². The molecule has 176 valence electrons. The number of hydrogen-bond donors (Lipinski definition) is 0. The Balaban J connectivity index is 1.40. The third kappa shape index (κ3) is 5.48. The molecular formula is C29H32N2O3. The zero-order valence-corrected chi connectivity index (χ0v) is 20.0. The van der Waals surface area contributed by atoms with Crippen LogP contribution in [0.3, 0.4) is 0 Å². The first kappa shape index (κ1) is 23.6. The number of ether oxygens (including phenoxy) is 2. The van der Waals surface area contributed by atoms with Gasteiger partial charge in [-0.2, -0.15) is 0 Å². The summed E-state index contributed by atoms with van der Waals surface area (Å²) in [5.74, 6) is 2.47. The smallest absolute Gasteiger partial charge is 0.261 e. The van der Waals surface area contributed by atoms with E-state index in [1.807, 2.05) is 65.2 Å². The number of unbranched alkanes of at least 4 members (excludes halogenated alkanes) is 3. The van der Waals surface area contributed by atoms with Crippen molar-refractivity contribution in [3.05, 3.63) is 88.7 Å². The summed E-state index contributed by atoms with van der Waals surface area (Å²) < 4.78 is 13.1. The van der Waals surface area contributed by atoms with Crippen molar-refractivity contribution in [3.8, 4) is 22.9 Å². The molecule has 0 aliphatic heterocycles. The van der Waals surface area contributed by atoms with E-state index < -0.39 is 0 Å². The van der Waals surface area contributed by atoms with E-state index in [1.165, 1.54) is 5.56 Å². The molecule has 0 amide bonds. The standard InChI is InChI=1S/C29H32N2O3/c1-3-22-12-6-9-15-27(22)34-21-11-5-4-10-20-31-28(23-16-18-24(33-2)19-17-23)30-26-14-8-7-13-25(26)29(31)32/h6-9,12-19H,3-5,10-11,20-21H2,1-2H3. The lowest BCUT2D eigenvalue weighted by Crippen LogP contribution is -2.23. The van der Waals surface area contributed by atoms with Gasteiger partial charge < -0.3 is 9.47 Å². The van der Waals surface area contributed by atoms with Crippen LogP contribution >= 0.6 is 0 Å². The summed E-state index contributed by atoms with van der Waals surface area (Å²) in [7, 11) is 1.65. The maximum atomic E-state index is 13.3. The number of rotatable bonds is 11. The molecule has 0 N–H and O–H groups in total. The number of methoxy groups -OCH3 is 1. The highest BCUT2D eigenvalue weighted by molar-refractivity contribution is 5.79. The van der Waals surface area contributed by atoms with Gasteiger partial charge >= 0.3 is 0 Å². The molecular weight excluding hydrogens is 424 g/mol. The van der Waals surface area contributed by atoms with Gasteiger partial charge in [0.25, 0.3) is 5.56 Å². The second kappa shape index (κ2) is 11.5. The lowest BCUT2D eigenvalue weighted by Gasteiger charge is -2.14. The Hall–Kier alpha value is -3.60. The minimum absolute atomic E-state index is 0.0101. The van der Waals surface area contributed by atoms with Crippen molar-refractivity contribution in [1.82, 2.24) is 9.55 Å². The van der Waals surface area contributed by atoms with Crippen molar-refractivity contribution in [2.75, 3.05) is 13.7 Å². The molecule has 0 unspecified atom stereocenters. The first-order chi connectivity index (χ1) is 16.7. The second-order valence-electron chi connectivity index (χ2n) is 8.36. The van der Waals surface area contributed by atoms with Crippen LogP contribution in [0, 0.1) is 0 Å². The fraction of sp³-hybridized carbons (Fsp3) is 0.310. The Morgan fingerprint density at radius 1 is 0.853 bits per heavy atom. The molecule has 0 aliphatic rings. The molecule has 1 aromatic heterocycles. The van der Waals surface area contributed by atoms with Crippen molar-refractivity contribution in [1.29, 1.82) is 0 Å². The Bertz CT molecular complexity index is 1280. The first-order valence-electron chi connectivity index (χ1n) is 12.1. The van der Waals surface area contributed by atoms with E-state index >= 15 is 0 Å². The third-order valence-electron chi connectivity index (χ3n) is 6.10. The molecule has 0 radical (unpaired) electrons. The van der Waals surface area contributed by atoms with Gasteiger partial charge in [0.05, 0.1) is 24.6 Å². The molecule has 5 nitrogen and oxygen atoms in total. The highest BCUT2D eigenvalue weighted by Crippen LogP contribution is 2.23. The van der Waals surface area contributed by atoms with Crippen molar-refractivity contribution in [2.45, 2.75) is 45.6 Å². The van der Waals surface area contributed by atoms with Gasteiger partial charge in [0.2, 0.25) is 0 Å². The monoisotopic (exact) mass is 456 g/mol. The van der Waals surface area contributed by atoms with Crippen molar-refractivity contribution >= 4 is 10.9 Å². The van der Waals surface area contributed by atoms with Gasteiger partial charge in [-0.3, -0.25) is 9.36 Å². The summed E-state index contributed by atoms with van der Waals surface area (Å²) in [6.07, 6.45) is 4.96. The van der Waals surface area contributed by atoms with E-state index in [0.29, 0.717) is 24.4 Å². The summed E-state index contributed by atoms with van der Waals surface area (Å²) in [6.45, 7) is 3.50. The molecule has 4 rings (SSSR count). The lowest BCUT2D eigenvalue weighted by molar-refractivity contribution is 0.301. The zero-order valence-electron chi connectivity index (χ0n) is 20.0. The molecule has 1 heterocycles. The van der Waals surface area contributed by atoms with Crippen molar-refractivity contribution in [2.24, 2.45) is 0 Å². The molecule has 34 heavy (non-hydrogen) atoms. The quantitative estimate of drug-likeness (QED) is 0.250. The van der Waals surface area contributed by atoms with Crippen LogP contribution in [0.1, 0.15) is 38.2 Å². The van der Waals surface area contributed by atoms with Crippen LogP contribution in [-0.2, 0) is 13.0 Å². The van der Waals surface area contributed by atoms with Crippen LogP contribution < -0.4 is 15.0 Å². The SMILES string of the molecule is CCc1ccccc1OCCCCCCn1c(-c2ccc(OC)cc2)nc2ccccc2c1=O. The summed E-state index contributed by atoms with van der Waals surface area (Å²) in [5.41, 5.74) is 2.89. The van der Waals surface area contributed by atoms with Gasteiger partial charge in [-0.1, -0.05) is 50.1 Å². The molecule has 0 saturated carbocycles. The van der Waals surface area contributed by atoms with E-state index in [9.17, 15) is 4.79 Å². The third-order valence-corrected chi connectivity index (χ3v) is 6.10. The molecule has 0 saturated heterocycles. The van der Waals surface area contributed by atoms with Crippen LogP contribution in [0.15, 0.2) is 77.6 Å². The number of aromatic nitrogens is 2. The average molecular weight is 457 g/mol. The number of benzene rings is 3. The van der Waals surface area contributed by atoms with Crippen LogP contribution in [0.2, 0.25) is 0 Å². The van der Waals surface area contributed by atoms with Crippen LogP contribution in [-0.4, -0.2) is 23.3 Å². The summed E-state index contributed by atoms with van der Waals surface area (Å²) in [6, 6.07) is 23.5. The van der Waals surface area contributed by atoms with E-state index in [0.717, 1.165) is 54.7 Å². The molecule has 5 heteroatoms. The van der Waals surface area contributed by atoms with E-state index in [2.05, 4.69) is 19.1 Å². The number of fused-ring (bicyclic) bond motifs is 1. The van der Waals surface area contributed by atoms with Crippen LogP contribution in [0.5, 0.6) is 11.5 Å². The summed E-state index contributed by atoms with van der Waals surface area (Å²) >= 11 is 0. The molecule has 0 aliphatic carbocycles. The lowest BCUT2D eigenvalue weighted by atomic mass is 10.1. The Morgan fingerprint density at radius 3 is 2.38 bits per heavy atom. The summed E-state index contributed by atoms with van der Waals surface area (Å²) in [4.78, 5) is 18.1. The zero-order chi connectivity index (χ0) is 23.8. The Morgan fingerprint density at radius 2 is 1.59 bits per heavy atom. The van der Waals surface area contributed by atoms with Gasteiger partial charge in [0, 0.05) is 12.1 Å². The van der Waals surface area contributed by atoms with E-state index in [1.54, 1.807) is 7.11 Å². The molecule has 0 fully saturated rings. The van der Waals surface area contributed by atoms with E-state index in [-0.39, 0.29) is 5.56 Å². The first-order valence-corrected chi connectivity index (χ1v) is 12.1. The largest absolute Gasteiger partial charge is 0.497 e. The summed E-state index contributed by atoms with van der Waals surface area (Å²) in [5, 5.41) is 0.655. The van der Waals surface area contributed by atoms with Crippen molar-refractivity contribution < 1.29 is 9.47 Å². The fourth-order valence-electron chi connectivity index (χ4n) is 4.18. The number of hydrogen-bond acceptors (Lipinski definition) is 4. The van der Waals surface area contributed by atoms with Gasteiger partial charge in [-0.15, -0.1) is 0 Å². The van der Waals surface area contributed by atoms with Crippen LogP contribution in [0.25, 0.3) is 22.3 Å². The average Bonchev–Trinajstić information content (AvgIpc) is 2.89. The maximum Gasteiger partial charge on any atom is 0.261 e. The maximum absolute atomic E-state index is 13.3. The number of para-hydroxylation sites is 2. The van der Waals surface area contributed by atoms with Gasteiger partial charge in [-0.05, 0) is 67.3 Å². The van der Waals surface area contributed by atoms with Crippen LogP contribution in [0.4, 0.5) is 0 Å². The number of aryl methyl sites for hydroxylation is 1. The minimum atomic E-state index is 0.0101. The van der Waals surface area contributed by atoms with Gasteiger partial charge in [0.15, 0.2) is 0 Å². The predicted molar refractivity (Wildman–Crippen MR) is 138 cm³/mol. The fourth-order valence-corrected chi connectivity index (χ4v) is 4.18. The number of nitrogens with zero attached hydrogens (tertiary/aromatic N) is 2. The normalized spacial score (nSPS) is 11.0. The van der Waals surface area contributed by atoms with Gasteiger partial charge in [-0.25, -0.2) is 4.98 Å². The molecule has 0 spiro atoms. The molecule has 4 aromatic rings. The topological polar surface area (TPSA) is 53.4 Å². The Kier molecular flexibility index (Phi) is 7.97. The predicted octanol–water partition coefficient (Wildman–Crippen LogP) is 6.27. The second-order valence-corrected chi connectivity index (χ2v) is 8.36. The minimum Gasteiger partial charge on any atom is -0.497 e. The molecule has 0 bridgehead atoms. The van der Waals surface area contributed by atoms with E-state index in [4.69, 9.17) is 14.5 Å². The molecule has 0 atom stereocenters. The highest BCUT2D eigenvalue weighted by Gasteiger charge is 2.13. The highest BCUT2D eigenvalue weighted by atomic mass is 16.5.